The third kappa shape index (κ3) is 17.2. The third-order valence-corrected chi connectivity index (χ3v) is 3.14. The SMILES string of the molecule is [Pb].[Se-]c1ccccc1.[c]1ccccc1.[c]1ccccc1.[c]1ccccc1. The Morgan fingerprint density at radius 3 is 0.808 bits per heavy atom. The van der Waals surface area contributed by atoms with Crippen molar-refractivity contribution >= 4 is 47.8 Å². The van der Waals surface area contributed by atoms with E-state index in [0.29, 0.717) is 0 Å². The van der Waals surface area contributed by atoms with E-state index >= 15 is 0 Å². The summed E-state index contributed by atoms with van der Waals surface area (Å²) in [6, 6.07) is 47.6. The van der Waals surface area contributed by atoms with Gasteiger partial charge in [-0.3, -0.25) is 0 Å². The molecule has 0 aliphatic rings. The van der Waals surface area contributed by atoms with Gasteiger partial charge >= 0.3 is 50.8 Å². The summed E-state index contributed by atoms with van der Waals surface area (Å²) in [6.45, 7) is 0. The number of rotatable bonds is 0. The molecule has 127 valence electrons. The molecule has 0 fully saturated rings. The molecule has 7 radical (unpaired) electrons. The van der Waals surface area contributed by atoms with Crippen LogP contribution in [0.2, 0.25) is 0 Å². The van der Waals surface area contributed by atoms with Crippen LogP contribution in [0.1, 0.15) is 0 Å². The molecule has 0 unspecified atom stereocenters. The fourth-order valence-corrected chi connectivity index (χ4v) is 1.78. The first-order valence-corrected chi connectivity index (χ1v) is 8.70. The zero-order chi connectivity index (χ0) is 17.8. The average Bonchev–Trinajstić information content (AvgIpc) is 2.74. The largest absolute Gasteiger partial charge is 0.0622 e. The van der Waals surface area contributed by atoms with E-state index < -0.39 is 0 Å². The number of hydrogen-bond donors (Lipinski definition) is 0. The Bertz CT molecular complexity index is 547. The fourth-order valence-electron chi connectivity index (χ4n) is 1.45. The van der Waals surface area contributed by atoms with Crippen molar-refractivity contribution in [1.29, 1.82) is 0 Å². The Kier molecular flexibility index (Phi) is 18.4. The van der Waals surface area contributed by atoms with Crippen molar-refractivity contribution in [2.75, 3.05) is 0 Å². The van der Waals surface area contributed by atoms with Crippen LogP contribution in [0.3, 0.4) is 0 Å². The molecule has 0 saturated heterocycles. The molecule has 0 aliphatic heterocycles. The molecule has 4 aromatic rings. The Labute approximate surface area is 186 Å². The normalized spacial score (nSPS) is 7.85. The van der Waals surface area contributed by atoms with E-state index in [2.05, 4.69) is 34.2 Å². The quantitative estimate of drug-likeness (QED) is 0.262. The first kappa shape index (κ1) is 24.3. The Hall–Kier alpha value is -1.68. The van der Waals surface area contributed by atoms with E-state index in [9.17, 15) is 0 Å². The van der Waals surface area contributed by atoms with Gasteiger partial charge in [-0.25, -0.2) is 0 Å². The second kappa shape index (κ2) is 19.6. The minimum absolute atomic E-state index is 0. The Morgan fingerprint density at radius 2 is 0.692 bits per heavy atom. The molecule has 4 rings (SSSR count). The zero-order valence-electron chi connectivity index (χ0n) is 14.5. The monoisotopic (exact) mass is 596 g/mol. The van der Waals surface area contributed by atoms with Crippen LogP contribution in [0, 0.1) is 18.2 Å². The van der Waals surface area contributed by atoms with E-state index in [-0.39, 0.29) is 27.3 Å². The van der Waals surface area contributed by atoms with Crippen molar-refractivity contribution in [1.82, 2.24) is 0 Å². The average molecular weight is 595 g/mol. The second-order valence-electron chi connectivity index (χ2n) is 4.55. The van der Waals surface area contributed by atoms with Gasteiger partial charge in [0.2, 0.25) is 0 Å². The van der Waals surface area contributed by atoms with Crippen molar-refractivity contribution in [2.45, 2.75) is 0 Å². The first-order chi connectivity index (χ1) is 12.4. The molecule has 0 amide bonds. The van der Waals surface area contributed by atoms with Gasteiger partial charge in [-0.05, 0) is 18.2 Å². The second-order valence-corrected chi connectivity index (χ2v) is 5.53. The van der Waals surface area contributed by atoms with Gasteiger partial charge in [0.25, 0.3) is 0 Å². The minimum atomic E-state index is 0. The minimum Gasteiger partial charge on any atom is -0.0622 e. The van der Waals surface area contributed by atoms with Gasteiger partial charge in [0, 0.05) is 27.3 Å². The number of benzene rings is 4. The maximum atomic E-state index is 2.90. The summed E-state index contributed by atoms with van der Waals surface area (Å²) in [4.78, 5) is 0. The summed E-state index contributed by atoms with van der Waals surface area (Å²) in [6.07, 6.45) is 0. The molecule has 0 atom stereocenters. The molecular weight excluding hydrogens is 574 g/mol. The summed E-state index contributed by atoms with van der Waals surface area (Å²) in [5.74, 6) is 0. The summed E-state index contributed by atoms with van der Waals surface area (Å²) < 4.78 is 1.20. The van der Waals surface area contributed by atoms with E-state index in [1.165, 1.54) is 4.46 Å². The van der Waals surface area contributed by atoms with Crippen molar-refractivity contribution in [3.63, 3.8) is 0 Å². The smallest absolute Gasteiger partial charge is 0.0184 e. The molecule has 0 aromatic heterocycles. The third-order valence-electron chi connectivity index (χ3n) is 2.56. The molecule has 0 N–H and O–H groups in total. The van der Waals surface area contributed by atoms with Crippen LogP contribution in [0.4, 0.5) is 0 Å². The maximum Gasteiger partial charge on any atom is -0.0184 e. The van der Waals surface area contributed by atoms with Crippen LogP contribution >= 0.6 is 0 Å². The van der Waals surface area contributed by atoms with E-state index in [0.717, 1.165) is 0 Å². The molecule has 0 bridgehead atoms. The molecule has 0 heterocycles. The van der Waals surface area contributed by atoms with Crippen LogP contribution in [0.5, 0.6) is 0 Å². The topological polar surface area (TPSA) is 0 Å². The Balaban J connectivity index is 0.000000317. The molecular formula is C24H20PbSe-. The molecule has 26 heavy (non-hydrogen) atoms. The standard InChI is InChI=1S/C6H6Se.3C6H5.Pb/c7-6-4-2-1-3-5-6;3*1-2-4-6-5-3-1;/h1-5,7H;3*1-5H;/p-1. The van der Waals surface area contributed by atoms with Gasteiger partial charge in [0.05, 0.1) is 0 Å². The first-order valence-electron chi connectivity index (χ1n) is 7.85. The van der Waals surface area contributed by atoms with Crippen molar-refractivity contribution in [2.24, 2.45) is 0 Å². The van der Waals surface area contributed by atoms with Crippen LogP contribution < -0.4 is 4.46 Å². The van der Waals surface area contributed by atoms with Crippen LogP contribution in [0.25, 0.3) is 0 Å². The molecule has 4 aromatic carbocycles. The molecule has 0 spiro atoms. The van der Waals surface area contributed by atoms with Gasteiger partial charge in [-0.1, -0.05) is 91.0 Å². The van der Waals surface area contributed by atoms with Crippen LogP contribution in [0.15, 0.2) is 121 Å². The zero-order valence-corrected chi connectivity index (χ0v) is 20.1. The summed E-state index contributed by atoms with van der Waals surface area (Å²) >= 11 is 2.90. The molecule has 0 saturated carbocycles. The summed E-state index contributed by atoms with van der Waals surface area (Å²) in [7, 11) is 0. The van der Waals surface area contributed by atoms with E-state index in [1.807, 2.05) is 121 Å². The van der Waals surface area contributed by atoms with Crippen molar-refractivity contribution < 1.29 is 0 Å². The fraction of sp³-hybridized carbons (Fsp3) is 0. The summed E-state index contributed by atoms with van der Waals surface area (Å²) in [5, 5.41) is 0. The molecule has 2 heteroatoms. The van der Waals surface area contributed by atoms with Gasteiger partial charge in [-0.2, -0.15) is 0 Å². The Morgan fingerprint density at radius 1 is 0.423 bits per heavy atom. The predicted molar refractivity (Wildman–Crippen MR) is 113 cm³/mol. The predicted octanol–water partition coefficient (Wildman–Crippen LogP) is 4.56. The van der Waals surface area contributed by atoms with Crippen molar-refractivity contribution in [3.05, 3.63) is 140 Å². The van der Waals surface area contributed by atoms with E-state index in [4.69, 9.17) is 0 Å². The maximum absolute atomic E-state index is 2.90. The van der Waals surface area contributed by atoms with Crippen molar-refractivity contribution in [3.8, 4) is 0 Å². The van der Waals surface area contributed by atoms with E-state index in [1.54, 1.807) is 0 Å². The molecule has 0 nitrogen and oxygen atoms in total. The molecule has 0 aliphatic carbocycles. The van der Waals surface area contributed by atoms with Crippen LogP contribution in [-0.2, 0) is 0 Å². The van der Waals surface area contributed by atoms with Gasteiger partial charge < -0.3 is 0 Å². The summed E-state index contributed by atoms with van der Waals surface area (Å²) in [5.41, 5.74) is 0. The van der Waals surface area contributed by atoms with Crippen LogP contribution in [-0.4, -0.2) is 43.3 Å². The van der Waals surface area contributed by atoms with Gasteiger partial charge in [0.1, 0.15) is 0 Å². The van der Waals surface area contributed by atoms with Gasteiger partial charge in [-0.15, -0.1) is 0 Å². The number of hydrogen-bond acceptors (Lipinski definition) is 0. The van der Waals surface area contributed by atoms with Gasteiger partial charge in [0.15, 0.2) is 0 Å².